The van der Waals surface area contributed by atoms with E-state index in [0.29, 0.717) is 29.0 Å². The Kier molecular flexibility index (Phi) is 5.30. The lowest BCUT2D eigenvalue weighted by molar-refractivity contribution is -0.127. The molecule has 3 aromatic carbocycles. The van der Waals surface area contributed by atoms with Gasteiger partial charge in [0.05, 0.1) is 17.8 Å². The Morgan fingerprint density at radius 2 is 1.73 bits per heavy atom. The van der Waals surface area contributed by atoms with Crippen LogP contribution in [0.15, 0.2) is 72.8 Å². The molecule has 0 aromatic heterocycles. The van der Waals surface area contributed by atoms with Crippen molar-refractivity contribution in [2.45, 2.75) is 18.6 Å². The van der Waals surface area contributed by atoms with Gasteiger partial charge in [0, 0.05) is 19.0 Å². The predicted molar refractivity (Wildman–Crippen MR) is 121 cm³/mol. The van der Waals surface area contributed by atoms with Gasteiger partial charge in [0.25, 0.3) is 11.8 Å². The van der Waals surface area contributed by atoms with Crippen LogP contribution in [0.3, 0.4) is 0 Å². The van der Waals surface area contributed by atoms with Crippen LogP contribution in [0.4, 0.5) is 5.69 Å². The first kappa shape index (κ1) is 20.8. The van der Waals surface area contributed by atoms with Gasteiger partial charge in [-0.3, -0.25) is 9.59 Å². The van der Waals surface area contributed by atoms with E-state index in [1.165, 1.54) is 7.05 Å². The number of benzene rings is 3. The Morgan fingerprint density at radius 1 is 0.970 bits per heavy atom. The van der Waals surface area contributed by atoms with Gasteiger partial charge in [-0.05, 0) is 41.5 Å². The summed E-state index contributed by atoms with van der Waals surface area (Å²) in [5.41, 5.74) is 3.16. The zero-order chi connectivity index (χ0) is 22.9. The summed E-state index contributed by atoms with van der Waals surface area (Å²) in [5.74, 6) is -0.504. The Morgan fingerprint density at radius 3 is 2.52 bits per heavy atom. The number of ether oxygens (including phenoxy) is 2. The molecule has 7 heteroatoms. The van der Waals surface area contributed by atoms with E-state index in [0.717, 1.165) is 11.1 Å². The van der Waals surface area contributed by atoms with Crippen molar-refractivity contribution in [2.24, 2.45) is 0 Å². The van der Waals surface area contributed by atoms with Crippen LogP contribution in [0.25, 0.3) is 0 Å². The molecule has 0 saturated carbocycles. The molecule has 0 fully saturated rings. The lowest BCUT2D eigenvalue weighted by Crippen LogP contribution is -2.50. The second-order valence-electron chi connectivity index (χ2n) is 7.98. The van der Waals surface area contributed by atoms with E-state index < -0.39 is 18.2 Å². The average molecular weight is 442 g/mol. The Balaban J connectivity index is 1.47. The summed E-state index contributed by atoms with van der Waals surface area (Å²) >= 11 is 0. The molecule has 1 N–H and O–H groups in total. The van der Waals surface area contributed by atoms with E-state index in [2.05, 4.69) is 5.32 Å². The fraction of sp³-hybridized carbons (Fsp3) is 0.192. The molecule has 2 heterocycles. The van der Waals surface area contributed by atoms with Crippen molar-refractivity contribution in [3.8, 4) is 5.75 Å². The van der Waals surface area contributed by atoms with Crippen LogP contribution in [0.2, 0.25) is 0 Å². The van der Waals surface area contributed by atoms with E-state index in [4.69, 9.17) is 9.47 Å². The summed E-state index contributed by atoms with van der Waals surface area (Å²) in [6.07, 6.45) is -0.741. The van der Waals surface area contributed by atoms with E-state index in [9.17, 15) is 14.4 Å². The summed E-state index contributed by atoms with van der Waals surface area (Å²) < 4.78 is 11.4. The van der Waals surface area contributed by atoms with Crippen LogP contribution < -0.4 is 15.0 Å². The third kappa shape index (κ3) is 3.82. The molecule has 2 aliphatic heterocycles. The number of para-hydroxylation sites is 2. The lowest BCUT2D eigenvalue weighted by atomic mass is 9.93. The topological polar surface area (TPSA) is 84.9 Å². The molecule has 2 atom stereocenters. The number of likely N-dealkylation sites (N-methyl/N-ethyl adjacent to an activating group) is 1. The summed E-state index contributed by atoms with van der Waals surface area (Å²) in [6, 6.07) is 21.7. The van der Waals surface area contributed by atoms with E-state index in [1.807, 2.05) is 36.4 Å². The molecular formula is C26H22N2O5. The van der Waals surface area contributed by atoms with Gasteiger partial charge in [0.2, 0.25) is 0 Å². The van der Waals surface area contributed by atoms with Crippen LogP contribution >= 0.6 is 0 Å². The predicted octanol–water partition coefficient (Wildman–Crippen LogP) is 3.29. The summed E-state index contributed by atoms with van der Waals surface area (Å²) in [7, 11) is 1.53. The maximum atomic E-state index is 13.6. The van der Waals surface area contributed by atoms with E-state index in [-0.39, 0.29) is 18.4 Å². The summed E-state index contributed by atoms with van der Waals surface area (Å²) in [6.45, 7) is 0.0846. The highest BCUT2D eigenvalue weighted by atomic mass is 16.5. The average Bonchev–Trinajstić information content (AvgIpc) is 2.87. The molecule has 2 aliphatic rings. The van der Waals surface area contributed by atoms with Crippen LogP contribution in [0.1, 0.15) is 37.9 Å². The van der Waals surface area contributed by atoms with Gasteiger partial charge in [0.1, 0.15) is 11.9 Å². The number of carbonyl (C=O) groups excluding carboxylic acids is 3. The van der Waals surface area contributed by atoms with Crippen molar-refractivity contribution in [1.29, 1.82) is 0 Å². The van der Waals surface area contributed by atoms with Crippen LogP contribution in [-0.2, 0) is 16.0 Å². The first-order chi connectivity index (χ1) is 16.0. The zero-order valence-electron chi connectivity index (χ0n) is 18.0. The monoisotopic (exact) mass is 442 g/mol. The smallest absolute Gasteiger partial charge is 0.339 e. The number of rotatable bonds is 3. The third-order valence-electron chi connectivity index (χ3n) is 5.96. The number of nitrogens with one attached hydrogen (secondary N) is 1. The second kappa shape index (κ2) is 8.43. The Labute approximate surface area is 190 Å². The Bertz CT molecular complexity index is 1240. The highest BCUT2D eigenvalue weighted by molar-refractivity contribution is 6.08. The molecule has 166 valence electrons. The molecule has 0 spiro atoms. The van der Waals surface area contributed by atoms with Gasteiger partial charge < -0.3 is 19.7 Å². The number of cyclic esters (lactones) is 1. The fourth-order valence-corrected chi connectivity index (χ4v) is 4.26. The molecule has 5 rings (SSSR count). The number of hydrogen-bond donors (Lipinski definition) is 1. The third-order valence-corrected chi connectivity index (χ3v) is 5.96. The van der Waals surface area contributed by atoms with Crippen LogP contribution in [0.5, 0.6) is 5.75 Å². The van der Waals surface area contributed by atoms with Crippen molar-refractivity contribution in [3.05, 3.63) is 95.1 Å². The van der Waals surface area contributed by atoms with Crippen molar-refractivity contribution in [1.82, 2.24) is 5.32 Å². The first-order valence-electron chi connectivity index (χ1n) is 10.7. The fourth-order valence-electron chi connectivity index (χ4n) is 4.26. The molecule has 0 saturated heterocycles. The molecule has 0 bridgehead atoms. The van der Waals surface area contributed by atoms with Gasteiger partial charge in [-0.25, -0.2) is 4.79 Å². The molecule has 7 nitrogen and oxygen atoms in total. The largest absolute Gasteiger partial charge is 0.477 e. The zero-order valence-corrected chi connectivity index (χ0v) is 18.0. The van der Waals surface area contributed by atoms with Gasteiger partial charge in [-0.1, -0.05) is 42.5 Å². The number of anilines is 1. The van der Waals surface area contributed by atoms with Crippen molar-refractivity contribution in [3.63, 3.8) is 0 Å². The maximum absolute atomic E-state index is 13.6. The summed E-state index contributed by atoms with van der Waals surface area (Å²) in [5, 5.41) is 2.58. The first-order valence-corrected chi connectivity index (χ1v) is 10.7. The molecule has 2 amide bonds. The van der Waals surface area contributed by atoms with Crippen molar-refractivity contribution in [2.75, 3.05) is 18.5 Å². The van der Waals surface area contributed by atoms with Gasteiger partial charge in [-0.2, -0.15) is 0 Å². The normalized spacial score (nSPS) is 18.9. The maximum Gasteiger partial charge on any atom is 0.339 e. The number of fused-ring (bicyclic) bond motifs is 2. The Hall–Kier alpha value is -4.13. The molecule has 0 radical (unpaired) electrons. The molecule has 0 aliphatic carbocycles. The van der Waals surface area contributed by atoms with Crippen molar-refractivity contribution >= 4 is 23.5 Å². The number of amides is 2. The van der Waals surface area contributed by atoms with Gasteiger partial charge in [0.15, 0.2) is 6.10 Å². The minimum Gasteiger partial charge on any atom is -0.477 e. The van der Waals surface area contributed by atoms with E-state index in [1.54, 1.807) is 41.3 Å². The summed E-state index contributed by atoms with van der Waals surface area (Å²) in [4.78, 5) is 40.0. The van der Waals surface area contributed by atoms with Gasteiger partial charge >= 0.3 is 5.97 Å². The molecule has 3 aromatic rings. The highest BCUT2D eigenvalue weighted by Crippen LogP contribution is 2.35. The molecule has 2 unspecified atom stereocenters. The van der Waals surface area contributed by atoms with Crippen LogP contribution in [-0.4, -0.2) is 37.5 Å². The number of hydrogen-bond acceptors (Lipinski definition) is 5. The standard InChI is InChI=1S/C26H22N2O5/c1-27-24(29)23-15-28(20-9-5-6-10-21(20)32-23)25(30)17-11-12-19-18(13-17)14-22(33-26(19)31)16-7-3-2-4-8-16/h2-13,22-23H,14-15H2,1H3,(H,27,29). The van der Waals surface area contributed by atoms with Crippen molar-refractivity contribution < 1.29 is 23.9 Å². The quantitative estimate of drug-likeness (QED) is 0.630. The lowest BCUT2D eigenvalue weighted by Gasteiger charge is -2.34. The second-order valence-corrected chi connectivity index (χ2v) is 7.98. The molecule has 33 heavy (non-hydrogen) atoms. The minimum absolute atomic E-state index is 0.0846. The number of nitrogens with zero attached hydrogens (tertiary/aromatic N) is 1. The number of carbonyl (C=O) groups is 3. The molecular weight excluding hydrogens is 420 g/mol. The minimum atomic E-state index is -0.816. The van der Waals surface area contributed by atoms with E-state index >= 15 is 0 Å². The number of esters is 1. The van der Waals surface area contributed by atoms with Crippen LogP contribution in [0, 0.1) is 0 Å². The SMILES string of the molecule is CNC(=O)C1CN(C(=O)c2ccc3c(c2)CC(c2ccccc2)OC3=O)c2ccccc2O1. The van der Waals surface area contributed by atoms with Gasteiger partial charge in [-0.15, -0.1) is 0 Å². The highest BCUT2D eigenvalue weighted by Gasteiger charge is 2.35.